The van der Waals surface area contributed by atoms with Crippen LogP contribution in [-0.2, 0) is 13.0 Å². The van der Waals surface area contributed by atoms with E-state index in [2.05, 4.69) is 159 Å². The van der Waals surface area contributed by atoms with Crippen molar-refractivity contribution in [3.05, 3.63) is 173 Å². The Kier molecular flexibility index (Phi) is 8.11. The molecule has 0 unspecified atom stereocenters. The molecule has 4 aromatic carbocycles. The van der Waals surface area contributed by atoms with Crippen LogP contribution in [0.4, 0.5) is 0 Å². The fraction of sp³-hybridized carbons (Fsp3) is 0.122. The van der Waals surface area contributed by atoms with Gasteiger partial charge in [0.1, 0.15) is 12.4 Å². The fourth-order valence-corrected chi connectivity index (χ4v) is 6.18. The zero-order valence-electron chi connectivity index (χ0n) is 25.2. The molecule has 0 saturated carbocycles. The second kappa shape index (κ2) is 12.4. The van der Waals surface area contributed by atoms with E-state index >= 15 is 0 Å². The number of benzene rings is 4. The minimum Gasteiger partial charge on any atom is -0.489 e. The quantitative estimate of drug-likeness (QED) is 0.189. The summed E-state index contributed by atoms with van der Waals surface area (Å²) in [6.07, 6.45) is 13.5. The van der Waals surface area contributed by atoms with E-state index in [-0.39, 0.29) is 0 Å². The largest absolute Gasteiger partial charge is 0.489 e. The highest BCUT2D eigenvalue weighted by atomic mass is 16.5. The molecular formula is C41H37NO. The normalized spacial score (nSPS) is 13.9. The fourth-order valence-electron chi connectivity index (χ4n) is 6.18. The Balaban J connectivity index is 1.54. The van der Waals surface area contributed by atoms with E-state index in [1.807, 2.05) is 6.08 Å². The van der Waals surface area contributed by atoms with Gasteiger partial charge in [-0.3, -0.25) is 0 Å². The van der Waals surface area contributed by atoms with Crippen LogP contribution in [0.3, 0.4) is 0 Å². The molecule has 0 amide bonds. The van der Waals surface area contributed by atoms with Crippen LogP contribution in [0.1, 0.15) is 41.7 Å². The number of aryl methyl sites for hydroxylation is 1. The van der Waals surface area contributed by atoms with Crippen molar-refractivity contribution in [2.45, 2.75) is 33.8 Å². The number of fused-ring (bicyclic) bond motifs is 6. The molecule has 0 atom stereocenters. The highest BCUT2D eigenvalue weighted by Crippen LogP contribution is 2.42. The second-order valence-electron chi connectivity index (χ2n) is 11.0. The van der Waals surface area contributed by atoms with Gasteiger partial charge in [0.25, 0.3) is 0 Å². The van der Waals surface area contributed by atoms with Crippen LogP contribution in [0.5, 0.6) is 5.75 Å². The van der Waals surface area contributed by atoms with Gasteiger partial charge < -0.3 is 9.30 Å². The van der Waals surface area contributed by atoms with E-state index in [0.717, 1.165) is 34.7 Å². The number of rotatable bonds is 6. The lowest BCUT2D eigenvalue weighted by molar-refractivity contribution is 0.305. The van der Waals surface area contributed by atoms with Gasteiger partial charge >= 0.3 is 0 Å². The molecule has 212 valence electrons. The summed E-state index contributed by atoms with van der Waals surface area (Å²) < 4.78 is 8.97. The summed E-state index contributed by atoms with van der Waals surface area (Å²) in [5, 5.41) is 1.19. The summed E-state index contributed by atoms with van der Waals surface area (Å²) in [7, 11) is 0. The Bertz CT molecular complexity index is 1940. The first kappa shape index (κ1) is 28.1. The van der Waals surface area contributed by atoms with Crippen molar-refractivity contribution in [3.8, 4) is 17.0 Å². The number of para-hydroxylation sites is 2. The molecule has 2 heterocycles. The number of allylic oxidation sites excluding steroid dienone is 9. The number of aromatic nitrogens is 1. The van der Waals surface area contributed by atoms with E-state index < -0.39 is 0 Å². The lowest BCUT2D eigenvalue weighted by Gasteiger charge is -2.19. The molecule has 2 heteroatoms. The summed E-state index contributed by atoms with van der Waals surface area (Å²) >= 11 is 0. The van der Waals surface area contributed by atoms with Crippen LogP contribution in [-0.4, -0.2) is 4.57 Å². The van der Waals surface area contributed by atoms with Crippen LogP contribution in [0.2, 0.25) is 0 Å². The van der Waals surface area contributed by atoms with Crippen LogP contribution >= 0.6 is 0 Å². The van der Waals surface area contributed by atoms with E-state index in [4.69, 9.17) is 4.74 Å². The molecule has 5 aromatic rings. The van der Waals surface area contributed by atoms with Crippen molar-refractivity contribution in [2.24, 2.45) is 0 Å². The van der Waals surface area contributed by atoms with Crippen molar-refractivity contribution in [3.63, 3.8) is 0 Å². The zero-order valence-corrected chi connectivity index (χ0v) is 25.2. The van der Waals surface area contributed by atoms with Gasteiger partial charge in [-0.05, 0) is 72.4 Å². The zero-order chi connectivity index (χ0) is 29.8. The maximum atomic E-state index is 6.57. The molecule has 1 aliphatic rings. The number of nitrogens with zero attached hydrogens (tertiary/aromatic N) is 1. The second-order valence-corrected chi connectivity index (χ2v) is 11.0. The topological polar surface area (TPSA) is 14.2 Å². The van der Waals surface area contributed by atoms with Gasteiger partial charge in [-0.25, -0.2) is 0 Å². The molecule has 0 N–H and O–H groups in total. The lowest BCUT2D eigenvalue weighted by atomic mass is 9.95. The highest BCUT2D eigenvalue weighted by molar-refractivity contribution is 5.97. The lowest BCUT2D eigenvalue weighted by Crippen LogP contribution is -2.04. The first-order chi connectivity index (χ1) is 21.1. The van der Waals surface area contributed by atoms with Crippen molar-refractivity contribution in [1.29, 1.82) is 0 Å². The number of hydrogen-bond acceptors (Lipinski definition) is 1. The highest BCUT2D eigenvalue weighted by Gasteiger charge is 2.25. The van der Waals surface area contributed by atoms with Crippen LogP contribution < -0.4 is 4.74 Å². The van der Waals surface area contributed by atoms with E-state index in [0.29, 0.717) is 6.61 Å². The third-order valence-electron chi connectivity index (χ3n) is 8.29. The smallest absolute Gasteiger partial charge is 0.123 e. The molecule has 0 spiro atoms. The third-order valence-corrected chi connectivity index (χ3v) is 8.29. The molecule has 0 saturated heterocycles. The predicted molar refractivity (Wildman–Crippen MR) is 183 cm³/mol. The van der Waals surface area contributed by atoms with E-state index in [1.54, 1.807) is 0 Å². The third kappa shape index (κ3) is 5.45. The number of ether oxygens (including phenoxy) is 1. The molecule has 6 rings (SSSR count). The summed E-state index contributed by atoms with van der Waals surface area (Å²) in [6, 6.07) is 34.4. The maximum Gasteiger partial charge on any atom is 0.123 e. The molecular weight excluding hydrogens is 522 g/mol. The van der Waals surface area contributed by atoms with E-state index in [9.17, 15) is 0 Å². The van der Waals surface area contributed by atoms with Crippen LogP contribution in [0.25, 0.3) is 33.4 Å². The van der Waals surface area contributed by atoms with Gasteiger partial charge in [0.15, 0.2) is 0 Å². The number of hydrogen-bond donors (Lipinski definition) is 0. The molecule has 2 nitrogen and oxygen atoms in total. The van der Waals surface area contributed by atoms with Crippen molar-refractivity contribution in [1.82, 2.24) is 4.57 Å². The van der Waals surface area contributed by atoms with Crippen LogP contribution in [0.15, 0.2) is 146 Å². The average molecular weight is 560 g/mol. The minimum atomic E-state index is 0.481. The van der Waals surface area contributed by atoms with Crippen LogP contribution in [0, 0.1) is 6.92 Å². The van der Waals surface area contributed by atoms with Gasteiger partial charge in [0.05, 0.1) is 16.9 Å². The molecule has 43 heavy (non-hydrogen) atoms. The SMILES string of the molecule is C=C\C=C(C(/C=C\C=C(/C)c1ccccc1C)=C\C)\n1c2c(c3ccccc31)COc1ccccc1Cc1ccccc1-2. The molecule has 1 aliphatic heterocycles. The van der Waals surface area contributed by atoms with Gasteiger partial charge in [-0.2, -0.15) is 0 Å². The van der Waals surface area contributed by atoms with E-state index in [1.165, 1.54) is 44.3 Å². The summed E-state index contributed by atoms with van der Waals surface area (Å²) in [4.78, 5) is 0. The predicted octanol–water partition coefficient (Wildman–Crippen LogP) is 10.7. The van der Waals surface area contributed by atoms with Crippen molar-refractivity contribution < 1.29 is 4.74 Å². The van der Waals surface area contributed by atoms with Gasteiger partial charge in [-0.15, -0.1) is 0 Å². The Labute approximate surface area is 255 Å². The molecule has 1 aromatic heterocycles. The summed E-state index contributed by atoms with van der Waals surface area (Å²) in [5.74, 6) is 0.941. The maximum absolute atomic E-state index is 6.57. The average Bonchev–Trinajstić information content (AvgIpc) is 3.38. The molecule has 0 radical (unpaired) electrons. The summed E-state index contributed by atoms with van der Waals surface area (Å²) in [6.45, 7) is 11.0. The Morgan fingerprint density at radius 2 is 1.56 bits per heavy atom. The standard InChI is InChI=1S/C41H37NO/c1-5-16-38(31(6-2)21-15-18-30(4)34-22-10-7-17-29(34)3)42-39-25-13-12-24-36(39)37-28-43-40-26-14-9-20-33(40)27-32-19-8-11-23-35(32)41(37)42/h5-26H,1,27-28H2,2-4H3/b21-15-,30-18+,31-6-,38-16+. The van der Waals surface area contributed by atoms with Crippen molar-refractivity contribution >= 4 is 22.2 Å². The van der Waals surface area contributed by atoms with Gasteiger partial charge in [0.2, 0.25) is 0 Å². The Morgan fingerprint density at radius 1 is 0.837 bits per heavy atom. The van der Waals surface area contributed by atoms with Crippen molar-refractivity contribution in [2.75, 3.05) is 0 Å². The molecule has 0 bridgehead atoms. The molecule has 0 fully saturated rings. The Morgan fingerprint density at radius 3 is 2.37 bits per heavy atom. The minimum absolute atomic E-state index is 0.481. The Hall–Kier alpha value is -5.08. The monoisotopic (exact) mass is 559 g/mol. The summed E-state index contributed by atoms with van der Waals surface area (Å²) in [5.41, 5.74) is 13.1. The first-order valence-corrected chi connectivity index (χ1v) is 14.9. The van der Waals surface area contributed by atoms with Gasteiger partial charge in [0, 0.05) is 22.9 Å². The van der Waals surface area contributed by atoms with Gasteiger partial charge in [-0.1, -0.05) is 122 Å². The first-order valence-electron chi connectivity index (χ1n) is 14.9. The molecule has 0 aliphatic carbocycles.